The topological polar surface area (TPSA) is 92.7 Å². The molecule has 3 unspecified atom stereocenters. The van der Waals surface area contributed by atoms with E-state index in [1.165, 1.54) is 7.11 Å². The second-order valence-electron chi connectivity index (χ2n) is 2.79. The summed E-state index contributed by atoms with van der Waals surface area (Å²) in [5, 5.41) is 10.6. The molecule has 0 saturated heterocycles. The van der Waals surface area contributed by atoms with E-state index in [0.717, 1.165) is 0 Å². The second-order valence-corrected chi connectivity index (χ2v) is 2.79. The summed E-state index contributed by atoms with van der Waals surface area (Å²) in [7, 11) is 1.17. The van der Waals surface area contributed by atoms with Crippen molar-refractivity contribution >= 4 is 18.5 Å². The maximum Gasteiger partial charge on any atom is 1.00 e. The van der Waals surface area contributed by atoms with Crippen molar-refractivity contribution < 1.29 is 58.5 Å². The summed E-state index contributed by atoms with van der Waals surface area (Å²) in [6.07, 6.45) is -2.66. The largest absolute Gasteiger partial charge is 1.00 e. The summed E-state index contributed by atoms with van der Waals surface area (Å²) >= 11 is 0. The van der Waals surface area contributed by atoms with Crippen LogP contribution in [0.15, 0.2) is 0 Å². The molecule has 0 aromatic carbocycles. The number of hydrogen-bond donors (Lipinski definition) is 0. The average Bonchev–Trinajstić information content (AvgIpc) is 2.24. The molecule has 86 valence electrons. The molecule has 0 radical (unpaired) electrons. The predicted octanol–water partition coefficient (Wildman–Crippen LogP) is -4.68. The number of carboxylic acid groups (broad SMARTS) is 1. The van der Waals surface area contributed by atoms with Gasteiger partial charge in [-0.3, -0.25) is 0 Å². The third-order valence-electron chi connectivity index (χ3n) is 1.81. The summed E-state index contributed by atoms with van der Waals surface area (Å²) in [5.74, 6) is -1.59. The Bertz CT molecular complexity index is 232. The van der Waals surface area contributed by atoms with E-state index in [1.54, 1.807) is 6.92 Å². The molecule has 0 N–H and O–H groups in total. The molecule has 0 spiro atoms. The third kappa shape index (κ3) is 5.72. The predicted molar refractivity (Wildman–Crippen MR) is 46.9 cm³/mol. The molecule has 0 aliphatic heterocycles. The van der Waals surface area contributed by atoms with Crippen LogP contribution in [-0.4, -0.2) is 44.0 Å². The van der Waals surface area contributed by atoms with Gasteiger partial charge < -0.3 is 29.0 Å². The average molecular weight is 240 g/mol. The Balaban J connectivity index is 0. The van der Waals surface area contributed by atoms with E-state index in [4.69, 9.17) is 4.74 Å². The van der Waals surface area contributed by atoms with Gasteiger partial charge in [-0.05, 0) is 6.42 Å². The van der Waals surface area contributed by atoms with Crippen LogP contribution in [-0.2, 0) is 23.9 Å². The summed E-state index contributed by atoms with van der Waals surface area (Å²) in [6, 6.07) is 0. The quantitative estimate of drug-likeness (QED) is 0.313. The number of aldehydes is 2. The molecule has 0 aliphatic rings. The number of carbonyl (C=O) groups excluding carboxylic acids is 3. The molecule has 0 heterocycles. The van der Waals surface area contributed by atoms with E-state index in [-0.39, 0.29) is 35.8 Å². The summed E-state index contributed by atoms with van der Waals surface area (Å²) in [4.78, 5) is 31.5. The van der Waals surface area contributed by atoms with Gasteiger partial charge in [0, 0.05) is 7.11 Å². The van der Waals surface area contributed by atoms with Crippen LogP contribution in [0.4, 0.5) is 0 Å². The first-order valence-corrected chi connectivity index (χ1v) is 4.40. The SMILES string of the molecule is CCC(C=O)OC(C(=O)[O-])C(C=O)OC.[Na+]. The molecule has 0 saturated carbocycles. The van der Waals surface area contributed by atoms with Crippen LogP contribution in [0.25, 0.3) is 0 Å². The zero-order chi connectivity index (χ0) is 11.8. The van der Waals surface area contributed by atoms with Crippen LogP contribution in [0.3, 0.4) is 0 Å². The van der Waals surface area contributed by atoms with Gasteiger partial charge in [0.05, 0.1) is 5.97 Å². The van der Waals surface area contributed by atoms with Crippen LogP contribution >= 0.6 is 0 Å². The monoisotopic (exact) mass is 240 g/mol. The van der Waals surface area contributed by atoms with Gasteiger partial charge in [-0.2, -0.15) is 0 Å². The van der Waals surface area contributed by atoms with E-state index < -0.39 is 24.3 Å². The number of hydrogen-bond acceptors (Lipinski definition) is 6. The standard InChI is InChI=1S/C9H14O6.Na/c1-3-6(4-10)15-8(9(12)13)7(5-11)14-2;/h4-8H,3H2,1-2H3,(H,12,13);/q;+1/p-1. The number of ether oxygens (including phenoxy) is 2. The van der Waals surface area contributed by atoms with Crippen LogP contribution in [0, 0.1) is 0 Å². The van der Waals surface area contributed by atoms with Crippen LogP contribution in [0.2, 0.25) is 0 Å². The molecular formula is C9H13NaO6. The van der Waals surface area contributed by atoms with Crippen molar-refractivity contribution in [2.24, 2.45) is 0 Å². The molecule has 7 heteroatoms. The summed E-state index contributed by atoms with van der Waals surface area (Å²) in [6.45, 7) is 1.65. The van der Waals surface area contributed by atoms with E-state index >= 15 is 0 Å². The molecule has 6 nitrogen and oxygen atoms in total. The zero-order valence-corrected chi connectivity index (χ0v) is 11.5. The van der Waals surface area contributed by atoms with Gasteiger partial charge in [-0.25, -0.2) is 0 Å². The Kier molecular flexibility index (Phi) is 11.2. The number of carbonyl (C=O) groups is 3. The zero-order valence-electron chi connectivity index (χ0n) is 9.54. The summed E-state index contributed by atoms with van der Waals surface area (Å²) in [5.41, 5.74) is 0. The molecular weight excluding hydrogens is 227 g/mol. The minimum atomic E-state index is -1.59. The minimum Gasteiger partial charge on any atom is -0.547 e. The molecule has 16 heavy (non-hydrogen) atoms. The molecule has 0 aromatic rings. The van der Waals surface area contributed by atoms with Crippen molar-refractivity contribution in [1.82, 2.24) is 0 Å². The van der Waals surface area contributed by atoms with Gasteiger partial charge in [-0.15, -0.1) is 0 Å². The van der Waals surface area contributed by atoms with Gasteiger partial charge >= 0.3 is 29.6 Å². The first-order chi connectivity index (χ1) is 7.10. The van der Waals surface area contributed by atoms with Gasteiger partial charge in [0.25, 0.3) is 0 Å². The van der Waals surface area contributed by atoms with Crippen LogP contribution in [0.5, 0.6) is 0 Å². The summed E-state index contributed by atoms with van der Waals surface area (Å²) < 4.78 is 9.45. The Morgan fingerprint density at radius 3 is 2.19 bits per heavy atom. The van der Waals surface area contributed by atoms with Crippen molar-refractivity contribution in [3.8, 4) is 0 Å². The molecule has 0 rings (SSSR count). The first-order valence-electron chi connectivity index (χ1n) is 4.40. The van der Waals surface area contributed by atoms with E-state index in [2.05, 4.69) is 4.74 Å². The number of rotatable bonds is 8. The van der Waals surface area contributed by atoms with Crippen molar-refractivity contribution in [1.29, 1.82) is 0 Å². The maximum absolute atomic E-state index is 10.6. The first kappa shape index (κ1) is 18.1. The van der Waals surface area contributed by atoms with Crippen molar-refractivity contribution in [2.75, 3.05) is 7.11 Å². The number of carboxylic acids is 1. The fraction of sp³-hybridized carbons (Fsp3) is 0.667. The smallest absolute Gasteiger partial charge is 0.547 e. The normalized spacial score (nSPS) is 15.4. The Labute approximate surface area is 116 Å². The molecule has 0 aliphatic carbocycles. The number of aliphatic carboxylic acids is 1. The molecule has 0 amide bonds. The maximum atomic E-state index is 10.6. The fourth-order valence-electron chi connectivity index (χ4n) is 0.930. The van der Waals surface area contributed by atoms with Crippen LogP contribution in [0.1, 0.15) is 13.3 Å². The van der Waals surface area contributed by atoms with Crippen molar-refractivity contribution in [2.45, 2.75) is 31.7 Å². The van der Waals surface area contributed by atoms with Gasteiger partial charge in [0.15, 0.2) is 6.29 Å². The van der Waals surface area contributed by atoms with Gasteiger partial charge in [0.2, 0.25) is 0 Å². The van der Waals surface area contributed by atoms with Crippen molar-refractivity contribution in [3.05, 3.63) is 0 Å². The third-order valence-corrected chi connectivity index (χ3v) is 1.81. The molecule has 3 atom stereocenters. The van der Waals surface area contributed by atoms with Gasteiger partial charge in [-0.1, -0.05) is 6.92 Å². The molecule has 0 bridgehead atoms. The van der Waals surface area contributed by atoms with E-state index in [0.29, 0.717) is 12.7 Å². The Morgan fingerprint density at radius 1 is 1.38 bits per heavy atom. The van der Waals surface area contributed by atoms with E-state index in [1.807, 2.05) is 0 Å². The molecule has 0 fully saturated rings. The minimum absolute atomic E-state index is 0. The van der Waals surface area contributed by atoms with Gasteiger partial charge in [0.1, 0.15) is 24.6 Å². The number of methoxy groups -OCH3 is 1. The van der Waals surface area contributed by atoms with E-state index in [9.17, 15) is 19.5 Å². The Hall–Kier alpha value is -0.270. The second kappa shape index (κ2) is 9.92. The molecule has 0 aromatic heterocycles. The fourth-order valence-corrected chi connectivity index (χ4v) is 0.930. The Morgan fingerprint density at radius 2 is 1.94 bits per heavy atom. The van der Waals surface area contributed by atoms with Crippen molar-refractivity contribution in [3.63, 3.8) is 0 Å². The van der Waals surface area contributed by atoms with Crippen LogP contribution < -0.4 is 34.7 Å².